The van der Waals surface area contributed by atoms with E-state index in [0.717, 1.165) is 0 Å². The number of rotatable bonds is 12. The molecule has 0 bridgehead atoms. The molecule has 4 atom stereocenters. The van der Waals surface area contributed by atoms with Crippen LogP contribution in [0.3, 0.4) is 0 Å². The van der Waals surface area contributed by atoms with Crippen molar-refractivity contribution in [2.75, 3.05) is 12.3 Å². The fourth-order valence-electron chi connectivity index (χ4n) is 1.98. The minimum atomic E-state index is -1.35. The van der Waals surface area contributed by atoms with Crippen molar-refractivity contribution in [2.24, 2.45) is 11.7 Å². The quantitative estimate of drug-likeness (QED) is 0.180. The summed E-state index contributed by atoms with van der Waals surface area (Å²) in [6.07, 6.45) is -0.0906. The molecule has 0 rings (SSSR count). The molecule has 4 unspecified atom stereocenters. The Labute approximate surface area is 161 Å². The Morgan fingerprint density at radius 2 is 1.59 bits per heavy atom. The van der Waals surface area contributed by atoms with Crippen LogP contribution in [0.25, 0.3) is 0 Å². The van der Waals surface area contributed by atoms with Gasteiger partial charge in [-0.25, -0.2) is 0 Å². The third kappa shape index (κ3) is 9.24. The second-order valence-electron chi connectivity index (χ2n) is 5.93. The van der Waals surface area contributed by atoms with E-state index in [0.29, 0.717) is 6.42 Å². The number of carbonyl (C=O) groups is 5. The van der Waals surface area contributed by atoms with Gasteiger partial charge in [0.15, 0.2) is 0 Å². The molecule has 0 radical (unpaired) electrons. The van der Waals surface area contributed by atoms with Crippen LogP contribution in [0.1, 0.15) is 26.7 Å². The molecule has 0 aromatic rings. The molecule has 0 aromatic carbocycles. The normalized spacial score (nSPS) is 15.0. The number of aliphatic carboxylic acids is 2. The van der Waals surface area contributed by atoms with E-state index in [1.807, 2.05) is 0 Å². The maximum atomic E-state index is 12.4. The maximum absolute atomic E-state index is 12.4. The maximum Gasteiger partial charge on any atom is 0.322 e. The van der Waals surface area contributed by atoms with Gasteiger partial charge in [-0.05, 0) is 5.92 Å². The zero-order chi connectivity index (χ0) is 21.1. The number of thiol groups is 1. The third-order valence-electron chi connectivity index (χ3n) is 3.75. The van der Waals surface area contributed by atoms with Crippen molar-refractivity contribution in [2.45, 2.75) is 44.8 Å². The van der Waals surface area contributed by atoms with Gasteiger partial charge in [0.05, 0.1) is 12.5 Å². The number of carbonyl (C=O) groups excluding carboxylic acids is 3. The Morgan fingerprint density at radius 3 is 2.04 bits per heavy atom. The van der Waals surface area contributed by atoms with Gasteiger partial charge in [0, 0.05) is 5.75 Å². The van der Waals surface area contributed by atoms with Crippen molar-refractivity contribution in [3.8, 4) is 0 Å². The Balaban J connectivity index is 5.04. The van der Waals surface area contributed by atoms with E-state index in [-0.39, 0.29) is 11.7 Å². The summed E-state index contributed by atoms with van der Waals surface area (Å²) in [7, 11) is 0. The molecule has 11 nitrogen and oxygen atoms in total. The lowest BCUT2D eigenvalue weighted by atomic mass is 9.98. The smallest absolute Gasteiger partial charge is 0.322 e. The summed E-state index contributed by atoms with van der Waals surface area (Å²) in [5.41, 5.74) is 5.44. The van der Waals surface area contributed by atoms with Crippen LogP contribution in [0.2, 0.25) is 0 Å². The Hall–Kier alpha value is -2.34. The van der Waals surface area contributed by atoms with E-state index in [4.69, 9.17) is 15.9 Å². The van der Waals surface area contributed by atoms with Crippen molar-refractivity contribution in [3.63, 3.8) is 0 Å². The standard InChI is InChI=1S/C15H26N4O7S/c1-3-7(2)12(15(26)17-5-11(22)23)19-14(25)9(6-27)18-13(24)8(16)4-10(20)21/h7-9,12,27H,3-6,16H2,1-2H3,(H,17,26)(H,18,24)(H,19,25)(H,20,21)(H,22,23). The molecule has 27 heavy (non-hydrogen) atoms. The van der Waals surface area contributed by atoms with Gasteiger partial charge >= 0.3 is 11.9 Å². The highest BCUT2D eigenvalue weighted by Gasteiger charge is 2.30. The first kappa shape index (κ1) is 24.7. The SMILES string of the molecule is CCC(C)C(NC(=O)C(CS)NC(=O)C(N)CC(=O)O)C(=O)NCC(=O)O. The topological polar surface area (TPSA) is 188 Å². The predicted molar refractivity (Wildman–Crippen MR) is 98.0 cm³/mol. The molecular formula is C15H26N4O7S. The van der Waals surface area contributed by atoms with Gasteiger partial charge in [0.2, 0.25) is 17.7 Å². The van der Waals surface area contributed by atoms with Crippen LogP contribution < -0.4 is 21.7 Å². The monoisotopic (exact) mass is 406 g/mol. The molecule has 0 saturated carbocycles. The van der Waals surface area contributed by atoms with Crippen molar-refractivity contribution < 1.29 is 34.2 Å². The molecule has 0 aliphatic carbocycles. The number of hydrogen-bond acceptors (Lipinski definition) is 7. The van der Waals surface area contributed by atoms with E-state index in [9.17, 15) is 24.0 Å². The molecule has 3 amide bonds. The molecule has 0 spiro atoms. The molecule has 0 aromatic heterocycles. The summed E-state index contributed by atoms with van der Waals surface area (Å²) in [6.45, 7) is 2.89. The second kappa shape index (κ2) is 12.1. The molecule has 0 aliphatic rings. The van der Waals surface area contributed by atoms with Gasteiger partial charge in [0.1, 0.15) is 18.6 Å². The lowest BCUT2D eigenvalue weighted by Crippen LogP contribution is -2.58. The molecule has 154 valence electrons. The van der Waals surface area contributed by atoms with Crippen molar-refractivity contribution in [3.05, 3.63) is 0 Å². The summed E-state index contributed by atoms with van der Waals surface area (Å²) in [6, 6.07) is -3.52. The number of amides is 3. The van der Waals surface area contributed by atoms with Crippen LogP contribution in [0.15, 0.2) is 0 Å². The number of carboxylic acid groups (broad SMARTS) is 2. The van der Waals surface area contributed by atoms with E-state index in [1.54, 1.807) is 13.8 Å². The zero-order valence-electron chi connectivity index (χ0n) is 15.1. The first-order valence-corrected chi connectivity index (χ1v) is 8.85. The van der Waals surface area contributed by atoms with Crippen molar-refractivity contribution in [1.82, 2.24) is 16.0 Å². The zero-order valence-corrected chi connectivity index (χ0v) is 16.0. The third-order valence-corrected chi connectivity index (χ3v) is 4.12. The lowest BCUT2D eigenvalue weighted by Gasteiger charge is -2.26. The van der Waals surface area contributed by atoms with Gasteiger partial charge in [-0.2, -0.15) is 12.6 Å². The molecule has 0 aliphatic heterocycles. The van der Waals surface area contributed by atoms with Gasteiger partial charge in [-0.3, -0.25) is 24.0 Å². The lowest BCUT2D eigenvalue weighted by molar-refractivity contribution is -0.139. The molecule has 0 fully saturated rings. The molecular weight excluding hydrogens is 380 g/mol. The average Bonchev–Trinajstić information content (AvgIpc) is 2.60. The van der Waals surface area contributed by atoms with Crippen LogP contribution in [-0.4, -0.2) is 70.3 Å². The molecule has 0 saturated heterocycles. The Bertz CT molecular complexity index is 572. The van der Waals surface area contributed by atoms with Crippen LogP contribution in [0.4, 0.5) is 0 Å². The number of carboxylic acids is 2. The largest absolute Gasteiger partial charge is 0.481 e. The summed E-state index contributed by atoms with van der Waals surface area (Å²) >= 11 is 3.97. The summed E-state index contributed by atoms with van der Waals surface area (Å²) in [5.74, 6) is -5.18. The van der Waals surface area contributed by atoms with E-state index in [1.165, 1.54) is 0 Å². The predicted octanol–water partition coefficient (Wildman–Crippen LogP) is -2.07. The highest BCUT2D eigenvalue weighted by atomic mass is 32.1. The summed E-state index contributed by atoms with van der Waals surface area (Å²) < 4.78 is 0. The average molecular weight is 406 g/mol. The Morgan fingerprint density at radius 1 is 1.00 bits per heavy atom. The highest BCUT2D eigenvalue weighted by molar-refractivity contribution is 7.80. The van der Waals surface area contributed by atoms with E-state index in [2.05, 4.69) is 28.6 Å². The molecule has 0 heterocycles. The first-order chi connectivity index (χ1) is 12.5. The molecule has 12 heteroatoms. The van der Waals surface area contributed by atoms with Gasteiger partial charge in [-0.15, -0.1) is 0 Å². The second-order valence-corrected chi connectivity index (χ2v) is 6.30. The fraction of sp³-hybridized carbons (Fsp3) is 0.667. The number of nitrogens with one attached hydrogen (secondary N) is 3. The van der Waals surface area contributed by atoms with Crippen LogP contribution in [0, 0.1) is 5.92 Å². The minimum Gasteiger partial charge on any atom is -0.481 e. The minimum absolute atomic E-state index is 0.124. The first-order valence-electron chi connectivity index (χ1n) is 8.21. The fourth-order valence-corrected chi connectivity index (χ4v) is 2.24. The van der Waals surface area contributed by atoms with Gasteiger partial charge < -0.3 is 31.9 Å². The van der Waals surface area contributed by atoms with Crippen LogP contribution in [-0.2, 0) is 24.0 Å². The van der Waals surface area contributed by atoms with E-state index >= 15 is 0 Å². The van der Waals surface area contributed by atoms with Gasteiger partial charge in [-0.1, -0.05) is 20.3 Å². The number of nitrogens with two attached hydrogens (primary N) is 1. The van der Waals surface area contributed by atoms with Crippen LogP contribution in [0.5, 0.6) is 0 Å². The highest BCUT2D eigenvalue weighted by Crippen LogP contribution is 2.08. The van der Waals surface area contributed by atoms with Gasteiger partial charge in [0.25, 0.3) is 0 Å². The van der Waals surface area contributed by atoms with Crippen molar-refractivity contribution >= 4 is 42.3 Å². The molecule has 7 N–H and O–H groups in total. The summed E-state index contributed by atoms with van der Waals surface area (Å²) in [5, 5.41) is 24.2. The van der Waals surface area contributed by atoms with Crippen molar-refractivity contribution in [1.29, 1.82) is 0 Å². The number of hydrogen-bond donors (Lipinski definition) is 7. The van der Waals surface area contributed by atoms with E-state index < -0.39 is 60.8 Å². The Kier molecular flexibility index (Phi) is 11.1. The van der Waals surface area contributed by atoms with Crippen LogP contribution >= 0.6 is 12.6 Å². The summed E-state index contributed by atoms with van der Waals surface area (Å²) in [4.78, 5) is 57.6.